The average molecular weight is 283 g/mol. The van der Waals surface area contributed by atoms with Crippen LogP contribution in [-0.4, -0.2) is 32.9 Å². The highest BCUT2D eigenvalue weighted by atomic mass is 19.1. The summed E-state index contributed by atoms with van der Waals surface area (Å²) in [6.45, 7) is 5.14. The molecule has 3 nitrogen and oxygen atoms in total. The van der Waals surface area contributed by atoms with Crippen molar-refractivity contribution in [2.45, 2.75) is 45.3 Å². The van der Waals surface area contributed by atoms with E-state index in [1.165, 1.54) is 7.11 Å². The molecule has 1 N–H and O–H groups in total. The van der Waals surface area contributed by atoms with Crippen molar-refractivity contribution in [3.63, 3.8) is 0 Å². The zero-order valence-corrected chi connectivity index (χ0v) is 12.9. The third-order valence-corrected chi connectivity index (χ3v) is 3.40. The van der Waals surface area contributed by atoms with Crippen molar-refractivity contribution in [3.05, 3.63) is 29.6 Å². The predicted molar refractivity (Wildman–Crippen MR) is 79.8 cm³/mol. The molecular weight excluding hydrogens is 257 g/mol. The van der Waals surface area contributed by atoms with Gasteiger partial charge in [0, 0.05) is 13.2 Å². The minimum atomic E-state index is -0.306. The molecule has 0 amide bonds. The van der Waals surface area contributed by atoms with Crippen LogP contribution in [0.1, 0.15) is 32.3 Å². The Morgan fingerprint density at radius 3 is 2.60 bits per heavy atom. The second kappa shape index (κ2) is 8.93. The van der Waals surface area contributed by atoms with E-state index in [9.17, 15) is 4.39 Å². The maximum atomic E-state index is 13.7. The number of benzene rings is 1. The maximum Gasteiger partial charge on any atom is 0.165 e. The van der Waals surface area contributed by atoms with E-state index in [4.69, 9.17) is 9.47 Å². The van der Waals surface area contributed by atoms with Crippen molar-refractivity contribution >= 4 is 0 Å². The minimum absolute atomic E-state index is 0.187. The number of rotatable bonds is 9. The summed E-state index contributed by atoms with van der Waals surface area (Å²) in [5, 5.41) is 3.50. The summed E-state index contributed by atoms with van der Waals surface area (Å²) in [5.74, 6) is -0.0175. The summed E-state index contributed by atoms with van der Waals surface area (Å²) in [6, 6.07) is 5.44. The molecule has 0 saturated heterocycles. The van der Waals surface area contributed by atoms with E-state index in [1.807, 2.05) is 6.07 Å². The molecule has 1 rings (SSSR count). The third kappa shape index (κ3) is 5.47. The number of halogens is 1. The summed E-state index contributed by atoms with van der Waals surface area (Å²) in [7, 11) is 3.19. The Bertz CT molecular complexity index is 398. The normalized spacial score (nSPS) is 14.1. The van der Waals surface area contributed by atoms with Crippen LogP contribution in [0.25, 0.3) is 0 Å². The van der Waals surface area contributed by atoms with Crippen molar-refractivity contribution in [1.29, 1.82) is 0 Å². The van der Waals surface area contributed by atoms with Crippen LogP contribution in [0.2, 0.25) is 0 Å². The summed E-state index contributed by atoms with van der Waals surface area (Å²) >= 11 is 0. The van der Waals surface area contributed by atoms with Gasteiger partial charge in [-0.15, -0.1) is 0 Å². The molecular formula is C16H26FNO2. The summed E-state index contributed by atoms with van der Waals surface area (Å²) in [4.78, 5) is 0. The summed E-state index contributed by atoms with van der Waals surface area (Å²) in [5.41, 5.74) is 0.972. The standard InChI is InChI=1S/C16H26FNO2/c1-5-8-18-14(9-12(2)19-3)10-13-6-7-16(20-4)15(17)11-13/h6-7,11-12,14,18H,5,8-10H2,1-4H3. The largest absolute Gasteiger partial charge is 0.494 e. The molecule has 1 aromatic carbocycles. The lowest BCUT2D eigenvalue weighted by molar-refractivity contribution is 0.100. The molecule has 0 saturated carbocycles. The molecule has 4 heteroatoms. The Labute approximate surface area is 121 Å². The van der Waals surface area contributed by atoms with Crippen LogP contribution in [0.4, 0.5) is 4.39 Å². The van der Waals surface area contributed by atoms with E-state index in [-0.39, 0.29) is 23.7 Å². The highest BCUT2D eigenvalue weighted by Crippen LogP contribution is 2.19. The monoisotopic (exact) mass is 283 g/mol. The number of methoxy groups -OCH3 is 2. The third-order valence-electron chi connectivity index (χ3n) is 3.40. The first-order valence-corrected chi connectivity index (χ1v) is 7.19. The molecule has 0 aliphatic carbocycles. The van der Waals surface area contributed by atoms with Crippen molar-refractivity contribution < 1.29 is 13.9 Å². The van der Waals surface area contributed by atoms with Crippen LogP contribution in [0.15, 0.2) is 18.2 Å². The lowest BCUT2D eigenvalue weighted by Gasteiger charge is -2.22. The van der Waals surface area contributed by atoms with Crippen molar-refractivity contribution in [1.82, 2.24) is 5.32 Å². The first kappa shape index (κ1) is 16.9. The van der Waals surface area contributed by atoms with Gasteiger partial charge in [0.25, 0.3) is 0 Å². The highest BCUT2D eigenvalue weighted by Gasteiger charge is 2.14. The SMILES string of the molecule is CCCNC(Cc1ccc(OC)c(F)c1)CC(C)OC. The van der Waals surface area contributed by atoms with Gasteiger partial charge in [0.15, 0.2) is 11.6 Å². The molecule has 2 atom stereocenters. The molecule has 0 aromatic heterocycles. The molecule has 1 aromatic rings. The molecule has 114 valence electrons. The fraction of sp³-hybridized carbons (Fsp3) is 0.625. The van der Waals surface area contributed by atoms with Gasteiger partial charge in [-0.05, 0) is 50.4 Å². The fourth-order valence-corrected chi connectivity index (χ4v) is 2.21. The number of hydrogen-bond acceptors (Lipinski definition) is 3. The zero-order chi connectivity index (χ0) is 15.0. The summed E-state index contributed by atoms with van der Waals surface area (Å²) < 4.78 is 24.0. The lowest BCUT2D eigenvalue weighted by atomic mass is 10.0. The van der Waals surface area contributed by atoms with Gasteiger partial charge in [-0.2, -0.15) is 0 Å². The van der Waals surface area contributed by atoms with Crippen molar-refractivity contribution in [2.24, 2.45) is 0 Å². The minimum Gasteiger partial charge on any atom is -0.494 e. The topological polar surface area (TPSA) is 30.5 Å². The number of ether oxygens (including phenoxy) is 2. The van der Waals surface area contributed by atoms with E-state index < -0.39 is 0 Å². The molecule has 0 radical (unpaired) electrons. The Morgan fingerprint density at radius 2 is 2.05 bits per heavy atom. The summed E-state index contributed by atoms with van der Waals surface area (Å²) in [6.07, 6.45) is 2.96. The number of nitrogens with one attached hydrogen (secondary N) is 1. The van der Waals surface area contributed by atoms with Crippen molar-refractivity contribution in [3.8, 4) is 5.75 Å². The van der Waals surface area contributed by atoms with E-state index in [2.05, 4.69) is 19.2 Å². The van der Waals surface area contributed by atoms with Gasteiger partial charge < -0.3 is 14.8 Å². The van der Waals surface area contributed by atoms with E-state index >= 15 is 0 Å². The van der Waals surface area contributed by atoms with Crippen LogP contribution < -0.4 is 10.1 Å². The van der Waals surface area contributed by atoms with Gasteiger partial charge in [-0.3, -0.25) is 0 Å². The highest BCUT2D eigenvalue weighted by molar-refractivity contribution is 5.29. The van der Waals surface area contributed by atoms with Crippen LogP contribution in [0.5, 0.6) is 5.75 Å². The quantitative estimate of drug-likeness (QED) is 0.755. The molecule has 0 aliphatic rings. The molecule has 0 spiro atoms. The first-order valence-electron chi connectivity index (χ1n) is 7.19. The fourth-order valence-electron chi connectivity index (χ4n) is 2.21. The van der Waals surface area contributed by atoms with E-state index in [1.54, 1.807) is 19.2 Å². The molecule has 0 bridgehead atoms. The lowest BCUT2D eigenvalue weighted by Crippen LogP contribution is -2.35. The van der Waals surface area contributed by atoms with Crippen LogP contribution in [0, 0.1) is 5.82 Å². The second-order valence-electron chi connectivity index (χ2n) is 5.11. The Morgan fingerprint density at radius 1 is 1.30 bits per heavy atom. The Hall–Kier alpha value is -1.13. The van der Waals surface area contributed by atoms with Crippen LogP contribution in [-0.2, 0) is 11.2 Å². The maximum absolute atomic E-state index is 13.7. The van der Waals surface area contributed by atoms with Gasteiger partial charge in [-0.25, -0.2) is 4.39 Å². The smallest absolute Gasteiger partial charge is 0.165 e. The molecule has 2 unspecified atom stereocenters. The van der Waals surface area contributed by atoms with Crippen molar-refractivity contribution in [2.75, 3.05) is 20.8 Å². The predicted octanol–water partition coefficient (Wildman–Crippen LogP) is 3.17. The van der Waals surface area contributed by atoms with E-state index in [0.29, 0.717) is 0 Å². The second-order valence-corrected chi connectivity index (χ2v) is 5.11. The molecule has 0 fully saturated rings. The Kier molecular flexibility index (Phi) is 7.55. The Balaban J connectivity index is 2.69. The molecule has 0 aliphatic heterocycles. The van der Waals surface area contributed by atoms with Gasteiger partial charge in [0.2, 0.25) is 0 Å². The van der Waals surface area contributed by atoms with Crippen LogP contribution in [0.3, 0.4) is 0 Å². The van der Waals surface area contributed by atoms with E-state index in [0.717, 1.165) is 31.4 Å². The van der Waals surface area contributed by atoms with Gasteiger partial charge in [0.05, 0.1) is 13.2 Å². The van der Waals surface area contributed by atoms with Gasteiger partial charge in [0.1, 0.15) is 0 Å². The number of hydrogen-bond donors (Lipinski definition) is 1. The van der Waals surface area contributed by atoms with Gasteiger partial charge >= 0.3 is 0 Å². The molecule has 0 heterocycles. The average Bonchev–Trinajstić information content (AvgIpc) is 2.44. The zero-order valence-electron chi connectivity index (χ0n) is 12.9. The molecule has 20 heavy (non-hydrogen) atoms. The van der Waals surface area contributed by atoms with Gasteiger partial charge in [-0.1, -0.05) is 13.0 Å². The first-order chi connectivity index (χ1) is 9.60. The van der Waals surface area contributed by atoms with Crippen LogP contribution >= 0.6 is 0 Å².